The molecular formula is C11H16O3SSi. The van der Waals surface area contributed by atoms with E-state index in [4.69, 9.17) is 9.53 Å². The molecule has 0 aliphatic carbocycles. The molecule has 0 bridgehead atoms. The summed E-state index contributed by atoms with van der Waals surface area (Å²) in [6.07, 6.45) is 0. The first-order valence-corrected chi connectivity index (χ1v) is 9.40. The van der Waals surface area contributed by atoms with Crippen LogP contribution in [-0.2, 0) is 4.79 Å². The number of carboxylic acids is 1. The van der Waals surface area contributed by atoms with Gasteiger partial charge >= 0.3 is 5.97 Å². The van der Waals surface area contributed by atoms with E-state index in [1.54, 1.807) is 0 Å². The van der Waals surface area contributed by atoms with Gasteiger partial charge in [-0.15, -0.1) is 11.8 Å². The number of carboxylic acid groups (broad SMARTS) is 1. The van der Waals surface area contributed by atoms with Crippen molar-refractivity contribution in [2.75, 3.05) is 5.75 Å². The Kier molecular flexibility index (Phi) is 4.43. The topological polar surface area (TPSA) is 46.5 Å². The summed E-state index contributed by atoms with van der Waals surface area (Å²) in [6.45, 7) is 6.38. The fourth-order valence-corrected chi connectivity index (χ4v) is 2.56. The predicted octanol–water partition coefficient (Wildman–Crippen LogP) is 3.08. The Morgan fingerprint density at radius 1 is 1.31 bits per heavy atom. The van der Waals surface area contributed by atoms with E-state index in [2.05, 4.69) is 19.6 Å². The first kappa shape index (κ1) is 13.1. The maximum Gasteiger partial charge on any atom is 0.313 e. The highest BCUT2D eigenvalue weighted by Gasteiger charge is 2.15. The second-order valence-corrected chi connectivity index (χ2v) is 9.85. The van der Waals surface area contributed by atoms with Crippen LogP contribution < -0.4 is 4.43 Å². The molecule has 3 nitrogen and oxygen atoms in total. The Morgan fingerprint density at radius 2 is 1.88 bits per heavy atom. The van der Waals surface area contributed by atoms with E-state index >= 15 is 0 Å². The minimum atomic E-state index is -1.55. The normalized spacial score (nSPS) is 11.2. The van der Waals surface area contributed by atoms with E-state index in [0.717, 1.165) is 10.6 Å². The molecule has 1 rings (SSSR count). The molecule has 16 heavy (non-hydrogen) atoms. The van der Waals surface area contributed by atoms with Gasteiger partial charge < -0.3 is 9.53 Å². The summed E-state index contributed by atoms with van der Waals surface area (Å²) in [5, 5.41) is 8.54. The molecule has 1 aromatic carbocycles. The zero-order chi connectivity index (χ0) is 12.2. The van der Waals surface area contributed by atoms with Gasteiger partial charge in [0.25, 0.3) is 0 Å². The lowest BCUT2D eigenvalue weighted by molar-refractivity contribution is -0.133. The molecular weight excluding hydrogens is 240 g/mol. The summed E-state index contributed by atoms with van der Waals surface area (Å²) in [4.78, 5) is 11.3. The number of aliphatic carboxylic acids is 1. The minimum Gasteiger partial charge on any atom is -0.544 e. The number of rotatable bonds is 5. The molecule has 1 aromatic rings. The van der Waals surface area contributed by atoms with Crippen LogP contribution in [0, 0.1) is 0 Å². The zero-order valence-electron chi connectivity index (χ0n) is 9.69. The lowest BCUT2D eigenvalue weighted by Gasteiger charge is -2.19. The SMILES string of the molecule is C[Si](C)(C)Oc1ccc(SCC(=O)O)cc1. The van der Waals surface area contributed by atoms with E-state index in [9.17, 15) is 4.79 Å². The Morgan fingerprint density at radius 3 is 2.31 bits per heavy atom. The Bertz CT molecular complexity index is 356. The number of carbonyl (C=O) groups is 1. The van der Waals surface area contributed by atoms with Crippen molar-refractivity contribution in [2.24, 2.45) is 0 Å². The lowest BCUT2D eigenvalue weighted by Crippen LogP contribution is -2.29. The van der Waals surface area contributed by atoms with Gasteiger partial charge in [0, 0.05) is 4.90 Å². The number of hydrogen-bond acceptors (Lipinski definition) is 3. The number of hydrogen-bond donors (Lipinski definition) is 1. The standard InChI is InChI=1S/C11H16O3SSi/c1-16(2,3)14-9-4-6-10(7-5-9)15-8-11(12)13/h4-7H,8H2,1-3H3,(H,12,13). The zero-order valence-corrected chi connectivity index (χ0v) is 11.5. The molecule has 0 amide bonds. The van der Waals surface area contributed by atoms with E-state index in [1.807, 2.05) is 24.3 Å². The van der Waals surface area contributed by atoms with Gasteiger partial charge in [-0.3, -0.25) is 4.79 Å². The van der Waals surface area contributed by atoms with E-state index in [0.29, 0.717) is 0 Å². The minimum absolute atomic E-state index is 0.0915. The van der Waals surface area contributed by atoms with Gasteiger partial charge in [0.15, 0.2) is 0 Å². The van der Waals surface area contributed by atoms with Crippen molar-refractivity contribution < 1.29 is 14.3 Å². The average molecular weight is 256 g/mol. The van der Waals surface area contributed by atoms with Gasteiger partial charge in [-0.25, -0.2) is 0 Å². The molecule has 5 heteroatoms. The third-order valence-corrected chi connectivity index (χ3v) is 3.45. The summed E-state index contributed by atoms with van der Waals surface area (Å²) in [6, 6.07) is 7.57. The smallest absolute Gasteiger partial charge is 0.313 e. The molecule has 0 aliphatic rings. The third-order valence-electron chi connectivity index (χ3n) is 1.61. The van der Waals surface area contributed by atoms with Crippen LogP contribution in [0.1, 0.15) is 0 Å². The van der Waals surface area contributed by atoms with Gasteiger partial charge in [0.1, 0.15) is 5.75 Å². The quantitative estimate of drug-likeness (QED) is 0.649. The monoisotopic (exact) mass is 256 g/mol. The Hall–Kier alpha value is -0.943. The molecule has 0 aliphatic heterocycles. The Balaban J connectivity index is 2.57. The van der Waals surface area contributed by atoms with Crippen molar-refractivity contribution in [3.05, 3.63) is 24.3 Å². The molecule has 0 saturated heterocycles. The molecule has 0 heterocycles. The van der Waals surface area contributed by atoms with Crippen LogP contribution >= 0.6 is 11.8 Å². The van der Waals surface area contributed by atoms with Crippen LogP contribution in [0.2, 0.25) is 19.6 Å². The summed E-state index contributed by atoms with van der Waals surface area (Å²) >= 11 is 1.31. The van der Waals surface area contributed by atoms with Gasteiger partial charge in [-0.2, -0.15) is 0 Å². The van der Waals surface area contributed by atoms with Gasteiger partial charge in [-0.05, 0) is 43.9 Å². The van der Waals surface area contributed by atoms with Crippen LogP contribution in [0.25, 0.3) is 0 Å². The first-order valence-electron chi connectivity index (χ1n) is 5.00. The van der Waals surface area contributed by atoms with Crippen molar-refractivity contribution in [3.63, 3.8) is 0 Å². The second-order valence-electron chi connectivity index (χ2n) is 4.37. The summed E-state index contributed by atoms with van der Waals surface area (Å²) in [5.41, 5.74) is 0. The number of thioether (sulfide) groups is 1. The van der Waals surface area contributed by atoms with Crippen molar-refractivity contribution >= 4 is 26.0 Å². The Labute approximate surface area is 101 Å². The molecule has 0 unspecified atom stereocenters. The molecule has 1 N–H and O–H groups in total. The molecule has 0 atom stereocenters. The molecule has 0 aromatic heterocycles. The maximum atomic E-state index is 10.4. The van der Waals surface area contributed by atoms with Crippen LogP contribution in [0.15, 0.2) is 29.2 Å². The van der Waals surface area contributed by atoms with E-state index in [1.165, 1.54) is 11.8 Å². The fraction of sp³-hybridized carbons (Fsp3) is 0.364. The van der Waals surface area contributed by atoms with Gasteiger partial charge in [0.2, 0.25) is 8.32 Å². The third kappa shape index (κ3) is 5.23. The maximum absolute atomic E-state index is 10.4. The van der Waals surface area contributed by atoms with E-state index < -0.39 is 14.3 Å². The van der Waals surface area contributed by atoms with Crippen molar-refractivity contribution in [1.82, 2.24) is 0 Å². The van der Waals surface area contributed by atoms with Gasteiger partial charge in [-0.1, -0.05) is 0 Å². The number of benzene rings is 1. The molecule has 0 fully saturated rings. The van der Waals surface area contributed by atoms with Gasteiger partial charge in [0.05, 0.1) is 5.75 Å². The van der Waals surface area contributed by atoms with E-state index in [-0.39, 0.29) is 5.75 Å². The first-order chi connectivity index (χ1) is 7.37. The highest BCUT2D eigenvalue weighted by Crippen LogP contribution is 2.22. The molecule has 0 saturated carbocycles. The van der Waals surface area contributed by atoms with Crippen LogP contribution in [0.3, 0.4) is 0 Å². The second kappa shape index (κ2) is 5.40. The van der Waals surface area contributed by atoms with Crippen molar-refractivity contribution in [2.45, 2.75) is 24.5 Å². The molecule has 88 valence electrons. The summed E-state index contributed by atoms with van der Waals surface area (Å²) in [7, 11) is -1.55. The molecule has 0 radical (unpaired) electrons. The lowest BCUT2D eigenvalue weighted by atomic mass is 10.3. The highest BCUT2D eigenvalue weighted by atomic mass is 32.2. The molecule has 0 spiro atoms. The highest BCUT2D eigenvalue weighted by molar-refractivity contribution is 8.00. The van der Waals surface area contributed by atoms with Crippen molar-refractivity contribution in [3.8, 4) is 5.75 Å². The van der Waals surface area contributed by atoms with Crippen LogP contribution in [0.4, 0.5) is 0 Å². The average Bonchev–Trinajstić information content (AvgIpc) is 2.14. The van der Waals surface area contributed by atoms with Crippen LogP contribution in [0.5, 0.6) is 5.75 Å². The summed E-state index contributed by atoms with van der Waals surface area (Å²) < 4.78 is 5.80. The van der Waals surface area contributed by atoms with Crippen LogP contribution in [-0.4, -0.2) is 25.1 Å². The summed E-state index contributed by atoms with van der Waals surface area (Å²) in [5.74, 6) is 0.153. The fourth-order valence-electron chi connectivity index (χ4n) is 1.10. The predicted molar refractivity (Wildman–Crippen MR) is 68.8 cm³/mol. The van der Waals surface area contributed by atoms with Crippen molar-refractivity contribution in [1.29, 1.82) is 0 Å². The largest absolute Gasteiger partial charge is 0.544 e.